The van der Waals surface area contributed by atoms with Crippen LogP contribution in [-0.4, -0.2) is 48.2 Å². The summed E-state index contributed by atoms with van der Waals surface area (Å²) in [5.41, 5.74) is 3.92. The molecule has 1 aliphatic carbocycles. The van der Waals surface area contributed by atoms with Gasteiger partial charge in [-0.15, -0.1) is 0 Å². The van der Waals surface area contributed by atoms with Gasteiger partial charge in [0.15, 0.2) is 0 Å². The quantitative estimate of drug-likeness (QED) is 0.609. The molecule has 1 unspecified atom stereocenters. The number of nitrogens with one attached hydrogen (secondary N) is 2. The monoisotopic (exact) mass is 491 g/mol. The second-order valence-corrected chi connectivity index (χ2v) is 10.9. The number of benzene rings is 1. The summed E-state index contributed by atoms with van der Waals surface area (Å²) in [6.45, 7) is 7.37. The first kappa shape index (κ1) is 25.8. The maximum atomic E-state index is 13.1. The van der Waals surface area contributed by atoms with Gasteiger partial charge in [0.05, 0.1) is 24.8 Å². The van der Waals surface area contributed by atoms with Crippen molar-refractivity contribution in [2.75, 3.05) is 30.4 Å². The van der Waals surface area contributed by atoms with Gasteiger partial charge in [0, 0.05) is 36.1 Å². The van der Waals surface area contributed by atoms with Crippen molar-refractivity contribution in [2.45, 2.75) is 77.5 Å². The standard InChI is InChI=1S/C28H37N5O3/c1-28(2,3)31-27(35)19-11-13-20(14-12-19)32(4)18-25(34)30-26-23(16-29)22-9-5-6-10-24(22)33(26)17-21-8-7-15-36-21/h11-14,21H,5-10,15,17-18H2,1-4H3,(H,30,34)(H,31,35). The fourth-order valence-electron chi connectivity index (χ4n) is 5.07. The van der Waals surface area contributed by atoms with Crippen molar-refractivity contribution in [1.82, 2.24) is 9.88 Å². The van der Waals surface area contributed by atoms with E-state index in [4.69, 9.17) is 4.74 Å². The Morgan fingerprint density at radius 3 is 2.53 bits per heavy atom. The Morgan fingerprint density at radius 1 is 1.17 bits per heavy atom. The van der Waals surface area contributed by atoms with Crippen molar-refractivity contribution in [3.05, 3.63) is 46.6 Å². The van der Waals surface area contributed by atoms with E-state index in [1.54, 1.807) is 12.1 Å². The van der Waals surface area contributed by atoms with Crippen molar-refractivity contribution in [3.63, 3.8) is 0 Å². The Kier molecular flexibility index (Phi) is 7.70. The summed E-state index contributed by atoms with van der Waals surface area (Å²) in [5, 5.41) is 16.0. The Balaban J connectivity index is 1.48. The third kappa shape index (κ3) is 5.90. The minimum Gasteiger partial charge on any atom is -0.376 e. The van der Waals surface area contributed by atoms with E-state index in [0.717, 1.165) is 56.4 Å². The van der Waals surface area contributed by atoms with Crippen LogP contribution in [0.5, 0.6) is 0 Å². The highest BCUT2D eigenvalue weighted by atomic mass is 16.5. The molecule has 2 N–H and O–H groups in total. The van der Waals surface area contributed by atoms with Crippen molar-refractivity contribution >= 4 is 23.3 Å². The first-order chi connectivity index (χ1) is 17.2. The lowest BCUT2D eigenvalue weighted by Crippen LogP contribution is -2.40. The number of fused-ring (bicyclic) bond motifs is 1. The number of hydrogen-bond donors (Lipinski definition) is 2. The fourth-order valence-corrected chi connectivity index (χ4v) is 5.07. The molecule has 0 radical (unpaired) electrons. The predicted octanol–water partition coefficient (Wildman–Crippen LogP) is 4.02. The van der Waals surface area contributed by atoms with Gasteiger partial charge < -0.3 is 24.8 Å². The number of ether oxygens (including phenoxy) is 1. The van der Waals surface area contributed by atoms with Crippen LogP contribution in [0.3, 0.4) is 0 Å². The summed E-state index contributed by atoms with van der Waals surface area (Å²) in [4.78, 5) is 27.4. The second kappa shape index (κ2) is 10.8. The van der Waals surface area contributed by atoms with E-state index in [0.29, 0.717) is 23.5 Å². The molecular weight excluding hydrogens is 454 g/mol. The highest BCUT2D eigenvalue weighted by Crippen LogP contribution is 2.34. The van der Waals surface area contributed by atoms with Gasteiger partial charge in [0.2, 0.25) is 5.91 Å². The van der Waals surface area contributed by atoms with Crippen LogP contribution in [0.15, 0.2) is 24.3 Å². The topological polar surface area (TPSA) is 99.4 Å². The van der Waals surface area contributed by atoms with E-state index >= 15 is 0 Å². The van der Waals surface area contributed by atoms with E-state index in [9.17, 15) is 14.9 Å². The maximum absolute atomic E-state index is 13.1. The molecule has 8 heteroatoms. The average Bonchev–Trinajstić information content (AvgIpc) is 3.44. The van der Waals surface area contributed by atoms with Crippen molar-refractivity contribution in [3.8, 4) is 6.07 Å². The van der Waals surface area contributed by atoms with Crippen molar-refractivity contribution in [1.29, 1.82) is 5.26 Å². The molecule has 4 rings (SSSR count). The third-order valence-electron chi connectivity index (χ3n) is 6.79. The van der Waals surface area contributed by atoms with Gasteiger partial charge in [-0.3, -0.25) is 9.59 Å². The van der Waals surface area contributed by atoms with E-state index in [-0.39, 0.29) is 30.0 Å². The zero-order valence-electron chi connectivity index (χ0n) is 21.8. The zero-order valence-corrected chi connectivity index (χ0v) is 21.8. The molecule has 1 aromatic carbocycles. The van der Waals surface area contributed by atoms with Crippen LogP contribution in [0, 0.1) is 11.3 Å². The van der Waals surface area contributed by atoms with Crippen LogP contribution >= 0.6 is 0 Å². The van der Waals surface area contributed by atoms with Gasteiger partial charge in [-0.1, -0.05) is 0 Å². The number of amides is 2. The van der Waals surface area contributed by atoms with E-state index in [2.05, 4.69) is 21.3 Å². The van der Waals surface area contributed by atoms with Gasteiger partial charge in [-0.05, 0) is 89.1 Å². The highest BCUT2D eigenvalue weighted by molar-refractivity contribution is 5.96. The molecule has 1 aromatic heterocycles. The van der Waals surface area contributed by atoms with Crippen LogP contribution < -0.4 is 15.5 Å². The van der Waals surface area contributed by atoms with Crippen LogP contribution in [0.25, 0.3) is 0 Å². The molecule has 1 aliphatic heterocycles. The normalized spacial score (nSPS) is 17.2. The smallest absolute Gasteiger partial charge is 0.251 e. The molecule has 0 saturated carbocycles. The number of carbonyl (C=O) groups excluding carboxylic acids is 2. The number of rotatable bonds is 7. The van der Waals surface area contributed by atoms with Gasteiger partial charge in [0.25, 0.3) is 5.91 Å². The Morgan fingerprint density at radius 2 is 1.89 bits per heavy atom. The summed E-state index contributed by atoms with van der Waals surface area (Å²) in [6.07, 6.45) is 6.09. The zero-order chi connectivity index (χ0) is 25.9. The van der Waals surface area contributed by atoms with E-state index < -0.39 is 0 Å². The molecule has 0 spiro atoms. The molecule has 2 aliphatic rings. The minimum absolute atomic E-state index is 0.113. The number of likely N-dealkylation sites (N-methyl/N-ethyl adjacent to an activating group) is 1. The number of nitriles is 1. The summed E-state index contributed by atoms with van der Waals surface area (Å²) >= 11 is 0. The number of hydrogen-bond acceptors (Lipinski definition) is 5. The van der Waals surface area contributed by atoms with Crippen molar-refractivity contribution < 1.29 is 14.3 Å². The molecule has 2 heterocycles. The lowest BCUT2D eigenvalue weighted by molar-refractivity contribution is -0.115. The van der Waals surface area contributed by atoms with Crippen LogP contribution in [-0.2, 0) is 28.9 Å². The molecule has 8 nitrogen and oxygen atoms in total. The van der Waals surface area contributed by atoms with Crippen LogP contribution in [0.4, 0.5) is 11.5 Å². The van der Waals surface area contributed by atoms with Gasteiger partial charge in [-0.2, -0.15) is 5.26 Å². The van der Waals surface area contributed by atoms with Gasteiger partial charge in [-0.25, -0.2) is 0 Å². The summed E-state index contributed by atoms with van der Waals surface area (Å²) in [6, 6.07) is 9.57. The number of nitrogens with zero attached hydrogens (tertiary/aromatic N) is 3. The molecule has 0 bridgehead atoms. The Hall–Kier alpha value is -3.31. The lowest BCUT2D eigenvalue weighted by Gasteiger charge is -2.22. The Labute approximate surface area is 213 Å². The molecule has 1 saturated heterocycles. The van der Waals surface area contributed by atoms with Crippen LogP contribution in [0.1, 0.15) is 73.6 Å². The largest absolute Gasteiger partial charge is 0.376 e. The summed E-state index contributed by atoms with van der Waals surface area (Å²) < 4.78 is 8.00. The minimum atomic E-state index is -0.312. The lowest BCUT2D eigenvalue weighted by atomic mass is 9.95. The van der Waals surface area contributed by atoms with E-state index in [1.165, 1.54) is 5.69 Å². The van der Waals surface area contributed by atoms with Crippen LogP contribution in [0.2, 0.25) is 0 Å². The number of anilines is 2. The first-order valence-corrected chi connectivity index (χ1v) is 12.9. The van der Waals surface area contributed by atoms with Crippen molar-refractivity contribution in [2.24, 2.45) is 0 Å². The maximum Gasteiger partial charge on any atom is 0.251 e. The highest BCUT2D eigenvalue weighted by Gasteiger charge is 2.28. The molecule has 2 amide bonds. The third-order valence-corrected chi connectivity index (χ3v) is 6.79. The number of carbonyl (C=O) groups is 2. The second-order valence-electron chi connectivity index (χ2n) is 10.9. The number of aromatic nitrogens is 1. The molecule has 2 aromatic rings. The summed E-state index contributed by atoms with van der Waals surface area (Å²) in [7, 11) is 1.84. The fraction of sp³-hybridized carbons (Fsp3) is 0.536. The van der Waals surface area contributed by atoms with Gasteiger partial charge in [0.1, 0.15) is 11.9 Å². The first-order valence-electron chi connectivity index (χ1n) is 12.9. The predicted molar refractivity (Wildman–Crippen MR) is 140 cm³/mol. The average molecular weight is 492 g/mol. The molecule has 36 heavy (non-hydrogen) atoms. The van der Waals surface area contributed by atoms with E-state index in [1.807, 2.05) is 44.9 Å². The molecule has 192 valence electrons. The Bertz CT molecular complexity index is 1150. The van der Waals surface area contributed by atoms with Gasteiger partial charge >= 0.3 is 0 Å². The molecule has 1 atom stereocenters. The SMILES string of the molecule is CN(CC(=O)Nc1c(C#N)c2c(n1CC1CCCO1)CCCC2)c1ccc(C(=O)NC(C)(C)C)cc1. The molecular formula is C28H37N5O3. The summed E-state index contributed by atoms with van der Waals surface area (Å²) in [5.74, 6) is 0.286. The molecule has 1 fully saturated rings.